The zero-order chi connectivity index (χ0) is 20.1. The number of carbonyl (C=O) groups is 2. The summed E-state index contributed by atoms with van der Waals surface area (Å²) in [6, 6.07) is 7.97. The molecular weight excluding hydrogens is 418 g/mol. The van der Waals surface area contributed by atoms with Crippen LogP contribution in [-0.4, -0.2) is 41.9 Å². The van der Waals surface area contributed by atoms with Crippen molar-refractivity contribution >= 4 is 48.9 Å². The predicted octanol–water partition coefficient (Wildman–Crippen LogP) is -0.144. The van der Waals surface area contributed by atoms with Crippen molar-refractivity contribution in [2.45, 2.75) is 9.10 Å². The van der Waals surface area contributed by atoms with Gasteiger partial charge in [0.25, 0.3) is 15.9 Å². The van der Waals surface area contributed by atoms with E-state index in [9.17, 15) is 26.4 Å². The maximum absolute atomic E-state index is 11.8. The van der Waals surface area contributed by atoms with Gasteiger partial charge in [-0.15, -0.1) is 11.3 Å². The molecule has 0 radical (unpaired) electrons. The number of rotatable bonds is 8. The molecule has 1 amide bonds. The van der Waals surface area contributed by atoms with Gasteiger partial charge in [-0.05, 0) is 35.7 Å². The van der Waals surface area contributed by atoms with E-state index in [1.165, 1.54) is 30.3 Å². The first kappa shape index (κ1) is 21.0. The van der Waals surface area contributed by atoms with E-state index in [1.54, 1.807) is 11.4 Å². The van der Waals surface area contributed by atoms with Crippen LogP contribution in [0.2, 0.25) is 0 Å². The fraction of sp³-hybridized carbons (Fsp3) is 0.143. The van der Waals surface area contributed by atoms with Crippen LogP contribution in [0.25, 0.3) is 0 Å². The number of nitrogens with one attached hydrogen (secondary N) is 2. The number of benzene rings is 1. The van der Waals surface area contributed by atoms with Crippen molar-refractivity contribution in [1.29, 1.82) is 0 Å². The third-order valence-corrected chi connectivity index (χ3v) is 6.73. The molecule has 0 atom stereocenters. The molecule has 10 nitrogen and oxygen atoms in total. The van der Waals surface area contributed by atoms with Gasteiger partial charge in [0.15, 0.2) is 6.61 Å². The first-order valence-corrected chi connectivity index (χ1v) is 11.1. The Labute approximate surface area is 159 Å². The number of carbonyl (C=O) groups excluding carboxylic acids is 2. The molecule has 0 saturated carbocycles. The molecule has 1 heterocycles. The summed E-state index contributed by atoms with van der Waals surface area (Å²) < 4.78 is 52.7. The number of hydrogen-bond acceptors (Lipinski definition) is 8. The Kier molecular flexibility index (Phi) is 6.67. The fourth-order valence-electron chi connectivity index (χ4n) is 1.76. The van der Waals surface area contributed by atoms with Crippen LogP contribution in [0.5, 0.6) is 0 Å². The van der Waals surface area contributed by atoms with Crippen molar-refractivity contribution in [3.8, 4) is 0 Å². The van der Waals surface area contributed by atoms with Gasteiger partial charge in [-0.2, -0.15) is 4.72 Å². The van der Waals surface area contributed by atoms with Gasteiger partial charge in [0.05, 0.1) is 4.90 Å². The summed E-state index contributed by atoms with van der Waals surface area (Å²) in [5.41, 5.74) is 0.266. The number of nitrogens with two attached hydrogens (primary N) is 1. The lowest BCUT2D eigenvalue weighted by Gasteiger charge is -2.08. The Morgan fingerprint density at radius 1 is 1.07 bits per heavy atom. The van der Waals surface area contributed by atoms with Crippen molar-refractivity contribution < 1.29 is 31.2 Å². The van der Waals surface area contributed by atoms with Crippen LogP contribution >= 0.6 is 11.3 Å². The average molecular weight is 433 g/mol. The van der Waals surface area contributed by atoms with Crippen molar-refractivity contribution in [1.82, 2.24) is 4.72 Å². The van der Waals surface area contributed by atoms with Gasteiger partial charge in [-0.1, -0.05) is 6.07 Å². The molecule has 2 rings (SSSR count). The zero-order valence-corrected chi connectivity index (χ0v) is 16.1. The van der Waals surface area contributed by atoms with E-state index < -0.39 is 45.1 Å². The predicted molar refractivity (Wildman–Crippen MR) is 96.9 cm³/mol. The number of ether oxygens (including phenoxy) is 1. The molecular formula is C14H15N3O7S3. The lowest BCUT2D eigenvalue weighted by molar-refractivity contribution is -0.146. The van der Waals surface area contributed by atoms with Gasteiger partial charge in [0.1, 0.15) is 10.8 Å². The minimum absolute atomic E-state index is 0.0518. The second-order valence-electron chi connectivity index (χ2n) is 5.03. The first-order valence-electron chi connectivity index (χ1n) is 7.19. The summed E-state index contributed by atoms with van der Waals surface area (Å²) in [6.07, 6.45) is 0. The molecule has 2 aromatic rings. The second-order valence-corrected chi connectivity index (χ2v) is 9.54. The van der Waals surface area contributed by atoms with Crippen LogP contribution in [0.4, 0.5) is 5.69 Å². The number of anilines is 1. The van der Waals surface area contributed by atoms with Crippen molar-refractivity contribution in [3.63, 3.8) is 0 Å². The zero-order valence-electron chi connectivity index (χ0n) is 13.6. The largest absolute Gasteiger partial charge is 0.455 e. The van der Waals surface area contributed by atoms with Crippen LogP contribution < -0.4 is 15.2 Å². The van der Waals surface area contributed by atoms with Gasteiger partial charge in [-0.3, -0.25) is 9.59 Å². The smallest absolute Gasteiger partial charge is 0.321 e. The SMILES string of the molecule is NS(=O)(=O)c1ccc(NC(=O)COC(=O)CNS(=O)(=O)c2cccs2)cc1. The Morgan fingerprint density at radius 3 is 2.30 bits per heavy atom. The summed E-state index contributed by atoms with van der Waals surface area (Å²) in [5.74, 6) is -1.62. The van der Waals surface area contributed by atoms with Crippen LogP contribution in [-0.2, 0) is 34.4 Å². The van der Waals surface area contributed by atoms with E-state index in [0.29, 0.717) is 0 Å². The molecule has 0 aliphatic heterocycles. The highest BCUT2D eigenvalue weighted by molar-refractivity contribution is 7.91. The van der Waals surface area contributed by atoms with Crippen LogP contribution in [0.1, 0.15) is 0 Å². The van der Waals surface area contributed by atoms with E-state index in [4.69, 9.17) is 5.14 Å². The maximum Gasteiger partial charge on any atom is 0.321 e. The number of sulfonamides is 2. The van der Waals surface area contributed by atoms with Crippen molar-refractivity contribution in [2.24, 2.45) is 5.14 Å². The molecule has 0 spiro atoms. The van der Waals surface area contributed by atoms with E-state index in [0.717, 1.165) is 11.3 Å². The molecule has 1 aromatic carbocycles. The van der Waals surface area contributed by atoms with Gasteiger partial charge in [0.2, 0.25) is 10.0 Å². The molecule has 27 heavy (non-hydrogen) atoms. The monoisotopic (exact) mass is 433 g/mol. The third kappa shape index (κ3) is 6.41. The lowest BCUT2D eigenvalue weighted by Crippen LogP contribution is -2.32. The number of amides is 1. The minimum Gasteiger partial charge on any atom is -0.455 e. The fourth-order valence-corrected chi connectivity index (χ4v) is 4.29. The van der Waals surface area contributed by atoms with Crippen LogP contribution in [0, 0.1) is 0 Å². The summed E-state index contributed by atoms with van der Waals surface area (Å²) in [5, 5.41) is 8.92. The molecule has 0 aliphatic rings. The van der Waals surface area contributed by atoms with Gasteiger partial charge in [-0.25, -0.2) is 22.0 Å². The number of primary sulfonamides is 1. The van der Waals surface area contributed by atoms with E-state index >= 15 is 0 Å². The Morgan fingerprint density at radius 2 is 1.74 bits per heavy atom. The number of hydrogen-bond donors (Lipinski definition) is 3. The maximum atomic E-state index is 11.8. The minimum atomic E-state index is -3.84. The quantitative estimate of drug-likeness (QED) is 0.488. The second kappa shape index (κ2) is 8.58. The summed E-state index contributed by atoms with van der Waals surface area (Å²) >= 11 is 0.991. The van der Waals surface area contributed by atoms with Crippen molar-refractivity contribution in [2.75, 3.05) is 18.5 Å². The Bertz CT molecular complexity index is 1010. The normalized spacial score (nSPS) is 11.7. The number of esters is 1. The molecule has 4 N–H and O–H groups in total. The first-order chi connectivity index (χ1) is 12.6. The number of thiophene rings is 1. The molecule has 0 unspecified atom stereocenters. The molecule has 0 bridgehead atoms. The third-order valence-electron chi connectivity index (χ3n) is 3.00. The summed E-state index contributed by atoms with van der Waals surface area (Å²) in [4.78, 5) is 23.2. The van der Waals surface area contributed by atoms with Gasteiger partial charge < -0.3 is 10.1 Å². The Balaban J connectivity index is 1.79. The molecule has 0 fully saturated rings. The average Bonchev–Trinajstić information content (AvgIpc) is 3.13. The highest BCUT2D eigenvalue weighted by Gasteiger charge is 2.17. The van der Waals surface area contributed by atoms with E-state index in [2.05, 4.69) is 14.8 Å². The molecule has 13 heteroatoms. The standard InChI is InChI=1S/C14H15N3O7S3/c15-26(20,21)11-5-3-10(4-6-11)17-12(18)9-24-13(19)8-16-27(22,23)14-2-1-7-25-14/h1-7,16H,8-9H2,(H,17,18)(H2,15,20,21). The van der Waals surface area contributed by atoms with Crippen molar-refractivity contribution in [3.05, 3.63) is 41.8 Å². The van der Waals surface area contributed by atoms with Gasteiger partial charge in [0, 0.05) is 5.69 Å². The van der Waals surface area contributed by atoms with E-state index in [-0.39, 0.29) is 14.8 Å². The Hall–Kier alpha value is -2.32. The topological polar surface area (TPSA) is 162 Å². The molecule has 0 aliphatic carbocycles. The van der Waals surface area contributed by atoms with Gasteiger partial charge >= 0.3 is 5.97 Å². The van der Waals surface area contributed by atoms with E-state index in [1.807, 2.05) is 0 Å². The molecule has 1 aromatic heterocycles. The lowest BCUT2D eigenvalue weighted by atomic mass is 10.3. The highest BCUT2D eigenvalue weighted by atomic mass is 32.2. The summed E-state index contributed by atoms with van der Waals surface area (Å²) in [7, 11) is -7.65. The molecule has 0 saturated heterocycles. The highest BCUT2D eigenvalue weighted by Crippen LogP contribution is 2.15. The summed E-state index contributed by atoms with van der Waals surface area (Å²) in [6.45, 7) is -1.27. The van der Waals surface area contributed by atoms with Crippen LogP contribution in [0.15, 0.2) is 50.9 Å². The molecule has 146 valence electrons. The van der Waals surface area contributed by atoms with Crippen LogP contribution in [0.3, 0.4) is 0 Å².